The molecule has 0 aliphatic carbocycles. The van der Waals surface area contributed by atoms with Gasteiger partial charge in [-0.1, -0.05) is 19.1 Å². The van der Waals surface area contributed by atoms with Crippen LogP contribution in [0.15, 0.2) is 24.3 Å². The molecule has 7 nitrogen and oxygen atoms in total. The first-order chi connectivity index (χ1) is 10.7. The minimum absolute atomic E-state index is 0.0321. The normalized spacial score (nSPS) is 12.5. The summed E-state index contributed by atoms with van der Waals surface area (Å²) in [5.41, 5.74) is 0.799. The molecular weight excluding hydrogens is 340 g/mol. The van der Waals surface area contributed by atoms with Gasteiger partial charge in [-0.3, -0.25) is 0 Å². The van der Waals surface area contributed by atoms with Crippen LogP contribution < -0.4 is 9.46 Å². The van der Waals surface area contributed by atoms with Gasteiger partial charge in [0.05, 0.1) is 19.1 Å². The van der Waals surface area contributed by atoms with E-state index in [0.29, 0.717) is 12.2 Å². The summed E-state index contributed by atoms with van der Waals surface area (Å²) in [7, 11) is -5.23. The predicted molar refractivity (Wildman–Crippen MR) is 90.3 cm³/mol. The van der Waals surface area contributed by atoms with Crippen molar-refractivity contribution in [3.63, 3.8) is 0 Å². The van der Waals surface area contributed by atoms with Gasteiger partial charge in [0.25, 0.3) is 0 Å². The van der Waals surface area contributed by atoms with Crippen molar-refractivity contribution in [1.82, 2.24) is 9.03 Å². The van der Waals surface area contributed by atoms with Crippen LogP contribution in [0, 0.1) is 0 Å². The van der Waals surface area contributed by atoms with Gasteiger partial charge in [-0.25, -0.2) is 21.6 Å². The third-order valence-electron chi connectivity index (χ3n) is 3.14. The van der Waals surface area contributed by atoms with Crippen LogP contribution in [0.2, 0.25) is 0 Å². The summed E-state index contributed by atoms with van der Waals surface area (Å²) in [6.07, 6.45) is 1.62. The van der Waals surface area contributed by atoms with Crippen LogP contribution in [0.3, 0.4) is 0 Å². The Bertz CT molecular complexity index is 684. The van der Waals surface area contributed by atoms with Crippen LogP contribution in [-0.2, 0) is 26.6 Å². The predicted octanol–water partition coefficient (Wildman–Crippen LogP) is 0.786. The first-order valence-electron chi connectivity index (χ1n) is 7.23. The quantitative estimate of drug-likeness (QED) is 0.662. The maximum Gasteiger partial charge on any atom is 0.211 e. The molecule has 23 heavy (non-hydrogen) atoms. The van der Waals surface area contributed by atoms with E-state index in [1.54, 1.807) is 38.3 Å². The van der Waals surface area contributed by atoms with Crippen LogP contribution in [-0.4, -0.2) is 53.3 Å². The average molecular weight is 364 g/mol. The van der Waals surface area contributed by atoms with E-state index in [0.717, 1.165) is 11.8 Å². The Labute approximate surface area is 138 Å². The molecule has 1 rings (SSSR count). The first-order valence-corrected chi connectivity index (χ1v) is 10.7. The number of ether oxygens (including phenoxy) is 1. The molecule has 0 radical (unpaired) electrons. The Morgan fingerprint density at radius 3 is 2.22 bits per heavy atom. The van der Waals surface area contributed by atoms with Crippen LogP contribution >= 0.6 is 0 Å². The molecule has 0 aliphatic heterocycles. The van der Waals surface area contributed by atoms with Crippen molar-refractivity contribution in [3.8, 4) is 5.75 Å². The zero-order valence-corrected chi connectivity index (χ0v) is 15.3. The summed E-state index contributed by atoms with van der Waals surface area (Å²) < 4.78 is 55.6. The monoisotopic (exact) mass is 364 g/mol. The highest BCUT2D eigenvalue weighted by Gasteiger charge is 2.18. The second kappa shape index (κ2) is 8.62. The lowest BCUT2D eigenvalue weighted by Crippen LogP contribution is -2.38. The third-order valence-corrected chi connectivity index (χ3v) is 5.98. The van der Waals surface area contributed by atoms with Crippen LogP contribution in [0.25, 0.3) is 0 Å². The summed E-state index contributed by atoms with van der Waals surface area (Å²) in [6, 6.07) is 7.05. The molecule has 0 spiro atoms. The number of rotatable bonds is 10. The van der Waals surface area contributed by atoms with Crippen LogP contribution in [0.1, 0.15) is 18.9 Å². The van der Waals surface area contributed by atoms with Crippen molar-refractivity contribution >= 4 is 20.0 Å². The molecule has 0 fully saturated rings. The van der Waals surface area contributed by atoms with E-state index in [2.05, 4.69) is 4.72 Å². The highest BCUT2D eigenvalue weighted by molar-refractivity contribution is 7.89. The molecule has 1 aromatic rings. The molecule has 0 bridgehead atoms. The fraction of sp³-hybridized carbons (Fsp3) is 0.571. The SMILES string of the molecule is CCCS(=O)(=O)NCCN(Cc1ccc(OC)cc1)S(C)(=O)=O. The number of hydrogen-bond acceptors (Lipinski definition) is 5. The second-order valence-corrected chi connectivity index (χ2v) is 9.07. The Balaban J connectivity index is 2.70. The fourth-order valence-corrected chi connectivity index (χ4v) is 3.85. The number of nitrogens with one attached hydrogen (secondary N) is 1. The molecule has 0 aliphatic rings. The minimum atomic E-state index is -3.44. The molecule has 1 aromatic carbocycles. The lowest BCUT2D eigenvalue weighted by Gasteiger charge is -2.20. The number of sulfonamides is 2. The maximum atomic E-state index is 11.9. The summed E-state index contributed by atoms with van der Waals surface area (Å²) in [6.45, 7) is 2.07. The van der Waals surface area contributed by atoms with Gasteiger partial charge < -0.3 is 4.74 Å². The van der Waals surface area contributed by atoms with E-state index in [1.807, 2.05) is 0 Å². The summed E-state index contributed by atoms with van der Waals surface area (Å²) in [5, 5.41) is 0. The second-order valence-electron chi connectivity index (χ2n) is 5.16. The highest BCUT2D eigenvalue weighted by Crippen LogP contribution is 2.14. The number of hydrogen-bond donors (Lipinski definition) is 1. The van der Waals surface area contributed by atoms with Gasteiger partial charge in [0.1, 0.15) is 5.75 Å². The maximum absolute atomic E-state index is 11.9. The molecule has 0 heterocycles. The van der Waals surface area contributed by atoms with Gasteiger partial charge in [0.2, 0.25) is 20.0 Å². The Morgan fingerprint density at radius 1 is 1.13 bits per heavy atom. The van der Waals surface area contributed by atoms with E-state index in [-0.39, 0.29) is 25.4 Å². The molecule has 0 aromatic heterocycles. The first kappa shape index (κ1) is 19.9. The summed E-state index contributed by atoms with van der Waals surface area (Å²) >= 11 is 0. The zero-order valence-electron chi connectivity index (χ0n) is 13.6. The zero-order chi connectivity index (χ0) is 17.5. The van der Waals surface area contributed by atoms with Crippen molar-refractivity contribution in [3.05, 3.63) is 29.8 Å². The van der Waals surface area contributed by atoms with Crippen LogP contribution in [0.4, 0.5) is 0 Å². The van der Waals surface area contributed by atoms with Crippen molar-refractivity contribution in [2.45, 2.75) is 19.9 Å². The Hall–Kier alpha value is -1.16. The van der Waals surface area contributed by atoms with Gasteiger partial charge in [-0.2, -0.15) is 4.31 Å². The van der Waals surface area contributed by atoms with Gasteiger partial charge in [0, 0.05) is 19.6 Å². The lowest BCUT2D eigenvalue weighted by atomic mass is 10.2. The Kier molecular flexibility index (Phi) is 7.46. The van der Waals surface area contributed by atoms with Crippen LogP contribution in [0.5, 0.6) is 5.75 Å². The standard InChI is InChI=1S/C14H24N2O5S2/c1-4-11-23(19,20)15-9-10-16(22(3,17)18)12-13-5-7-14(21-2)8-6-13/h5-8,15H,4,9-12H2,1-3H3. The van der Waals surface area contributed by atoms with Crippen molar-refractivity contribution in [2.75, 3.05) is 32.2 Å². The molecule has 9 heteroatoms. The van der Waals surface area contributed by atoms with Gasteiger partial charge in [0.15, 0.2) is 0 Å². The summed E-state index contributed by atoms with van der Waals surface area (Å²) in [5.74, 6) is 0.719. The fourth-order valence-electron chi connectivity index (χ4n) is 1.96. The smallest absolute Gasteiger partial charge is 0.211 e. The molecule has 132 valence electrons. The molecule has 0 atom stereocenters. The molecule has 0 saturated carbocycles. The van der Waals surface area contributed by atoms with Gasteiger partial charge in [-0.05, 0) is 24.1 Å². The molecule has 0 unspecified atom stereocenters. The van der Waals surface area contributed by atoms with E-state index < -0.39 is 20.0 Å². The van der Waals surface area contributed by atoms with Gasteiger partial charge in [-0.15, -0.1) is 0 Å². The number of methoxy groups -OCH3 is 1. The van der Waals surface area contributed by atoms with E-state index in [1.165, 1.54) is 4.31 Å². The van der Waals surface area contributed by atoms with Crippen molar-refractivity contribution in [2.24, 2.45) is 0 Å². The van der Waals surface area contributed by atoms with Crippen molar-refractivity contribution < 1.29 is 21.6 Å². The number of nitrogens with zero attached hydrogens (tertiary/aromatic N) is 1. The third kappa shape index (κ3) is 7.30. The van der Waals surface area contributed by atoms with E-state index in [9.17, 15) is 16.8 Å². The molecule has 0 amide bonds. The Morgan fingerprint density at radius 2 is 1.74 bits per heavy atom. The topological polar surface area (TPSA) is 92.8 Å². The van der Waals surface area contributed by atoms with Crippen molar-refractivity contribution in [1.29, 1.82) is 0 Å². The minimum Gasteiger partial charge on any atom is -0.497 e. The lowest BCUT2D eigenvalue weighted by molar-refractivity contribution is 0.408. The van der Waals surface area contributed by atoms with E-state index in [4.69, 9.17) is 4.74 Å². The summed E-state index contributed by atoms with van der Waals surface area (Å²) in [4.78, 5) is 0. The average Bonchev–Trinajstić information content (AvgIpc) is 2.45. The number of benzene rings is 1. The molecule has 0 saturated heterocycles. The molecule has 1 N–H and O–H groups in total. The van der Waals surface area contributed by atoms with E-state index >= 15 is 0 Å². The molecular formula is C14H24N2O5S2. The van der Waals surface area contributed by atoms with Gasteiger partial charge >= 0.3 is 0 Å². The highest BCUT2D eigenvalue weighted by atomic mass is 32.2. The largest absolute Gasteiger partial charge is 0.497 e.